The van der Waals surface area contributed by atoms with E-state index in [1.165, 1.54) is 0 Å². The summed E-state index contributed by atoms with van der Waals surface area (Å²) in [6.07, 6.45) is 6.28. The van der Waals surface area contributed by atoms with Crippen molar-refractivity contribution in [3.8, 4) is 11.8 Å². The highest BCUT2D eigenvalue weighted by Crippen LogP contribution is 2.41. The van der Waals surface area contributed by atoms with E-state index in [2.05, 4.69) is 19.9 Å². The number of anilines is 1. The molecule has 0 aromatic carbocycles. The van der Waals surface area contributed by atoms with Crippen LogP contribution in [0, 0.1) is 5.41 Å². The van der Waals surface area contributed by atoms with Crippen LogP contribution < -0.4 is 14.4 Å². The molecule has 2 aromatic rings. The number of hydrogen-bond donors (Lipinski definition) is 0. The highest BCUT2D eigenvalue weighted by atomic mass is 16.5. The topological polar surface area (TPSA) is 80.7 Å². The van der Waals surface area contributed by atoms with Crippen LogP contribution in [0.15, 0.2) is 30.6 Å². The standard InChI is InChI=1S/C20H25N5O3/c1-27-16-11-17(28-2)23-19(22-16)25-10-7-20(14-25)6-4-9-24(18(20)26)13-15-5-3-8-21-12-15/h3,5,8,11-12H,4,6-7,9-10,13-14H2,1-2H3/t20-/m0/s1. The third-order valence-electron chi connectivity index (χ3n) is 5.64. The predicted octanol–water partition coefficient (Wildman–Crippen LogP) is 1.91. The quantitative estimate of drug-likeness (QED) is 0.780. The minimum atomic E-state index is -0.375. The molecule has 1 atom stereocenters. The molecule has 1 spiro atoms. The molecule has 4 rings (SSSR count). The van der Waals surface area contributed by atoms with E-state index in [-0.39, 0.29) is 11.3 Å². The van der Waals surface area contributed by atoms with Gasteiger partial charge < -0.3 is 19.3 Å². The highest BCUT2D eigenvalue weighted by molar-refractivity contribution is 5.85. The lowest BCUT2D eigenvalue weighted by Crippen LogP contribution is -2.49. The molecular weight excluding hydrogens is 358 g/mol. The average molecular weight is 383 g/mol. The second-order valence-corrected chi connectivity index (χ2v) is 7.40. The van der Waals surface area contributed by atoms with Crippen LogP contribution in [0.2, 0.25) is 0 Å². The number of pyridine rings is 1. The van der Waals surface area contributed by atoms with E-state index in [1.807, 2.05) is 23.2 Å². The average Bonchev–Trinajstić information content (AvgIpc) is 3.17. The number of ether oxygens (including phenoxy) is 2. The van der Waals surface area contributed by atoms with Gasteiger partial charge in [0.15, 0.2) is 0 Å². The Kier molecular flexibility index (Phi) is 5.02. The normalized spacial score (nSPS) is 22.0. The van der Waals surface area contributed by atoms with Crippen molar-refractivity contribution in [2.24, 2.45) is 5.41 Å². The van der Waals surface area contributed by atoms with Gasteiger partial charge in [0.25, 0.3) is 0 Å². The Morgan fingerprint density at radius 3 is 2.61 bits per heavy atom. The minimum absolute atomic E-state index is 0.222. The molecule has 0 N–H and O–H groups in total. The van der Waals surface area contributed by atoms with E-state index in [0.717, 1.165) is 37.9 Å². The largest absolute Gasteiger partial charge is 0.481 e. The number of piperidine rings is 1. The number of methoxy groups -OCH3 is 2. The van der Waals surface area contributed by atoms with E-state index < -0.39 is 0 Å². The van der Waals surface area contributed by atoms with Gasteiger partial charge in [-0.15, -0.1) is 0 Å². The number of carbonyl (C=O) groups excluding carboxylic acids is 1. The first-order valence-electron chi connectivity index (χ1n) is 9.54. The van der Waals surface area contributed by atoms with Gasteiger partial charge in [-0.2, -0.15) is 9.97 Å². The summed E-state index contributed by atoms with van der Waals surface area (Å²) in [5.74, 6) is 1.68. The van der Waals surface area contributed by atoms with Crippen molar-refractivity contribution in [3.05, 3.63) is 36.2 Å². The van der Waals surface area contributed by atoms with Gasteiger partial charge in [-0.1, -0.05) is 6.07 Å². The number of aromatic nitrogens is 3. The van der Waals surface area contributed by atoms with Crippen molar-refractivity contribution in [2.75, 3.05) is 38.8 Å². The van der Waals surface area contributed by atoms with Crippen LogP contribution in [0.5, 0.6) is 11.8 Å². The van der Waals surface area contributed by atoms with Crippen molar-refractivity contribution < 1.29 is 14.3 Å². The molecule has 0 radical (unpaired) electrons. The fraction of sp³-hybridized carbons (Fsp3) is 0.500. The summed E-state index contributed by atoms with van der Waals surface area (Å²) in [5.41, 5.74) is 0.684. The Morgan fingerprint density at radius 1 is 1.14 bits per heavy atom. The summed E-state index contributed by atoms with van der Waals surface area (Å²) in [5, 5.41) is 0. The molecule has 2 fully saturated rings. The Morgan fingerprint density at radius 2 is 1.93 bits per heavy atom. The Labute approximate surface area is 164 Å². The third-order valence-corrected chi connectivity index (χ3v) is 5.64. The van der Waals surface area contributed by atoms with Gasteiger partial charge in [-0.05, 0) is 30.9 Å². The highest BCUT2D eigenvalue weighted by Gasteiger charge is 2.49. The lowest BCUT2D eigenvalue weighted by Gasteiger charge is -2.39. The summed E-state index contributed by atoms with van der Waals surface area (Å²) in [6, 6.07) is 5.57. The molecule has 28 heavy (non-hydrogen) atoms. The molecule has 148 valence electrons. The molecule has 1 amide bonds. The smallest absolute Gasteiger partial charge is 0.232 e. The number of likely N-dealkylation sites (tertiary alicyclic amines) is 1. The van der Waals surface area contributed by atoms with Crippen molar-refractivity contribution >= 4 is 11.9 Å². The zero-order chi connectivity index (χ0) is 19.6. The van der Waals surface area contributed by atoms with Gasteiger partial charge in [0, 0.05) is 38.6 Å². The SMILES string of the molecule is COc1cc(OC)nc(N2CC[C@@]3(CCCN(Cc4cccnc4)C3=O)C2)n1. The molecule has 8 nitrogen and oxygen atoms in total. The van der Waals surface area contributed by atoms with Gasteiger partial charge >= 0.3 is 0 Å². The zero-order valence-corrected chi connectivity index (χ0v) is 16.3. The Hall–Kier alpha value is -2.90. The van der Waals surface area contributed by atoms with Crippen molar-refractivity contribution in [1.29, 1.82) is 0 Å². The Balaban J connectivity index is 1.52. The first kappa shape index (κ1) is 18.5. The fourth-order valence-corrected chi connectivity index (χ4v) is 4.18. The van der Waals surface area contributed by atoms with Gasteiger partial charge in [0.1, 0.15) is 0 Å². The number of amides is 1. The summed E-state index contributed by atoms with van der Waals surface area (Å²) in [6.45, 7) is 2.76. The van der Waals surface area contributed by atoms with Crippen LogP contribution in [0.3, 0.4) is 0 Å². The number of nitrogens with zero attached hydrogens (tertiary/aromatic N) is 5. The minimum Gasteiger partial charge on any atom is -0.481 e. The first-order valence-corrected chi connectivity index (χ1v) is 9.54. The number of rotatable bonds is 5. The van der Waals surface area contributed by atoms with Gasteiger partial charge in [0.05, 0.1) is 25.7 Å². The molecule has 2 aliphatic rings. The van der Waals surface area contributed by atoms with Crippen LogP contribution in [-0.2, 0) is 11.3 Å². The molecule has 2 aliphatic heterocycles. The number of hydrogen-bond acceptors (Lipinski definition) is 7. The van der Waals surface area contributed by atoms with Crippen LogP contribution in [0.25, 0.3) is 0 Å². The molecule has 2 saturated heterocycles. The van der Waals surface area contributed by atoms with E-state index in [0.29, 0.717) is 30.8 Å². The van der Waals surface area contributed by atoms with Crippen molar-refractivity contribution in [2.45, 2.75) is 25.8 Å². The Bertz CT molecular complexity index is 825. The van der Waals surface area contributed by atoms with Crippen LogP contribution in [-0.4, -0.2) is 59.6 Å². The van der Waals surface area contributed by atoms with Crippen molar-refractivity contribution in [1.82, 2.24) is 19.9 Å². The van der Waals surface area contributed by atoms with Gasteiger partial charge in [-0.3, -0.25) is 9.78 Å². The molecule has 0 saturated carbocycles. The second kappa shape index (κ2) is 7.61. The molecule has 0 aliphatic carbocycles. The van der Waals surface area contributed by atoms with E-state index >= 15 is 0 Å². The van der Waals surface area contributed by atoms with E-state index in [4.69, 9.17) is 9.47 Å². The van der Waals surface area contributed by atoms with Crippen molar-refractivity contribution in [3.63, 3.8) is 0 Å². The summed E-state index contributed by atoms with van der Waals surface area (Å²) < 4.78 is 10.5. The zero-order valence-electron chi connectivity index (χ0n) is 16.3. The molecule has 2 aromatic heterocycles. The van der Waals surface area contributed by atoms with Crippen LogP contribution in [0.4, 0.5) is 5.95 Å². The molecule has 0 unspecified atom stereocenters. The summed E-state index contributed by atoms with van der Waals surface area (Å²) >= 11 is 0. The lowest BCUT2D eigenvalue weighted by atomic mass is 9.78. The summed E-state index contributed by atoms with van der Waals surface area (Å²) in [7, 11) is 3.13. The van der Waals surface area contributed by atoms with Crippen LogP contribution >= 0.6 is 0 Å². The van der Waals surface area contributed by atoms with Gasteiger partial charge in [0.2, 0.25) is 23.6 Å². The lowest BCUT2D eigenvalue weighted by molar-refractivity contribution is -0.145. The maximum absolute atomic E-state index is 13.4. The molecule has 4 heterocycles. The third kappa shape index (κ3) is 3.46. The molecular formula is C20H25N5O3. The van der Waals surface area contributed by atoms with E-state index in [1.54, 1.807) is 26.5 Å². The van der Waals surface area contributed by atoms with E-state index in [9.17, 15) is 4.79 Å². The maximum atomic E-state index is 13.4. The number of carbonyl (C=O) groups is 1. The summed E-state index contributed by atoms with van der Waals surface area (Å²) in [4.78, 5) is 30.5. The molecule has 8 heteroatoms. The fourth-order valence-electron chi connectivity index (χ4n) is 4.18. The monoisotopic (exact) mass is 383 g/mol. The van der Waals surface area contributed by atoms with Gasteiger partial charge in [-0.25, -0.2) is 0 Å². The molecule has 0 bridgehead atoms. The predicted molar refractivity (Wildman–Crippen MR) is 103 cm³/mol. The van der Waals surface area contributed by atoms with Crippen LogP contribution in [0.1, 0.15) is 24.8 Å². The maximum Gasteiger partial charge on any atom is 0.232 e. The first-order chi connectivity index (χ1) is 13.6. The second-order valence-electron chi connectivity index (χ2n) is 7.40.